The van der Waals surface area contributed by atoms with Crippen LogP contribution in [0.5, 0.6) is 5.75 Å². The van der Waals surface area contributed by atoms with E-state index in [0.717, 1.165) is 36.4 Å². The normalized spacial score (nSPS) is 16.8. The molecule has 172 valence electrons. The number of nitrogens with zero attached hydrogens (tertiary/aromatic N) is 1. The van der Waals surface area contributed by atoms with Crippen molar-refractivity contribution in [3.8, 4) is 5.75 Å². The van der Waals surface area contributed by atoms with Gasteiger partial charge in [0.25, 0.3) is 0 Å². The van der Waals surface area contributed by atoms with Crippen molar-refractivity contribution < 1.29 is 22.6 Å². The second-order valence-electron chi connectivity index (χ2n) is 7.08. The van der Waals surface area contributed by atoms with Crippen molar-refractivity contribution >= 4 is 39.8 Å². The molecule has 0 spiro atoms. The number of aryl methyl sites for hydroxylation is 1. The highest BCUT2D eigenvalue weighted by Gasteiger charge is 2.18. The summed E-state index contributed by atoms with van der Waals surface area (Å²) in [6.45, 7) is 7.76. The molecule has 0 aliphatic carbocycles. The Balaban J connectivity index is 0.00000450. The lowest BCUT2D eigenvalue weighted by Gasteiger charge is -2.16. The van der Waals surface area contributed by atoms with E-state index in [9.17, 15) is 8.42 Å². The average Bonchev–Trinajstić information content (AvgIpc) is 3.16. The fourth-order valence-electron chi connectivity index (χ4n) is 2.75. The summed E-state index contributed by atoms with van der Waals surface area (Å²) in [5.74, 6) is 1.56. The summed E-state index contributed by atoms with van der Waals surface area (Å²) >= 11 is 0. The summed E-state index contributed by atoms with van der Waals surface area (Å²) in [5, 5.41) is 6.39. The van der Waals surface area contributed by atoms with Crippen molar-refractivity contribution in [2.75, 3.05) is 51.5 Å². The van der Waals surface area contributed by atoms with Crippen LogP contribution in [-0.4, -0.2) is 72.0 Å². The number of ether oxygens (including phenoxy) is 3. The van der Waals surface area contributed by atoms with Gasteiger partial charge in [0.15, 0.2) is 5.96 Å². The fourth-order valence-corrected chi connectivity index (χ4v) is 3.17. The van der Waals surface area contributed by atoms with Crippen LogP contribution < -0.4 is 15.4 Å². The zero-order valence-electron chi connectivity index (χ0n) is 18.0. The molecule has 0 amide bonds. The highest BCUT2D eigenvalue weighted by atomic mass is 127. The van der Waals surface area contributed by atoms with Crippen molar-refractivity contribution in [2.45, 2.75) is 32.9 Å². The quantitative estimate of drug-likeness (QED) is 0.186. The molecule has 2 N–H and O–H groups in total. The first-order valence-electron chi connectivity index (χ1n) is 9.99. The average molecular weight is 555 g/mol. The summed E-state index contributed by atoms with van der Waals surface area (Å²) in [6.07, 6.45) is 2.20. The van der Waals surface area contributed by atoms with Gasteiger partial charge in [0, 0.05) is 31.3 Å². The zero-order valence-corrected chi connectivity index (χ0v) is 21.1. The minimum absolute atomic E-state index is 0. The molecule has 30 heavy (non-hydrogen) atoms. The van der Waals surface area contributed by atoms with Crippen LogP contribution in [0.2, 0.25) is 0 Å². The zero-order chi connectivity index (χ0) is 21.1. The molecule has 1 fully saturated rings. The van der Waals surface area contributed by atoms with E-state index in [-0.39, 0.29) is 42.4 Å². The van der Waals surface area contributed by atoms with Crippen LogP contribution in [0.4, 0.5) is 0 Å². The van der Waals surface area contributed by atoms with Gasteiger partial charge < -0.3 is 24.8 Å². The van der Waals surface area contributed by atoms with Crippen molar-refractivity contribution in [1.82, 2.24) is 10.6 Å². The van der Waals surface area contributed by atoms with Gasteiger partial charge in [-0.1, -0.05) is 12.1 Å². The SMILES string of the molecule is CCNC(=NCc1ccc(C)cc1OC1CCOC1)NCCOCCS(C)(=O)=O.I. The van der Waals surface area contributed by atoms with Crippen molar-refractivity contribution in [2.24, 2.45) is 4.99 Å². The third-order valence-corrected chi connectivity index (χ3v) is 5.20. The maximum absolute atomic E-state index is 11.1. The Morgan fingerprint density at radius 2 is 2.10 bits per heavy atom. The summed E-state index contributed by atoms with van der Waals surface area (Å²) in [7, 11) is -2.99. The molecule has 1 unspecified atom stereocenters. The minimum Gasteiger partial charge on any atom is -0.488 e. The van der Waals surface area contributed by atoms with Crippen LogP contribution in [0, 0.1) is 6.92 Å². The molecular formula is C20H34IN3O5S. The molecular weight excluding hydrogens is 521 g/mol. The lowest BCUT2D eigenvalue weighted by Crippen LogP contribution is -2.39. The lowest BCUT2D eigenvalue weighted by molar-refractivity contribution is 0.140. The van der Waals surface area contributed by atoms with Crippen LogP contribution in [0.15, 0.2) is 23.2 Å². The molecule has 1 saturated heterocycles. The van der Waals surface area contributed by atoms with Gasteiger partial charge >= 0.3 is 0 Å². The lowest BCUT2D eigenvalue weighted by atomic mass is 10.1. The monoisotopic (exact) mass is 555 g/mol. The molecule has 0 bridgehead atoms. The van der Waals surface area contributed by atoms with E-state index in [0.29, 0.717) is 32.3 Å². The van der Waals surface area contributed by atoms with Crippen LogP contribution in [0.3, 0.4) is 0 Å². The number of aliphatic imine (C=N–C) groups is 1. The number of nitrogens with one attached hydrogen (secondary N) is 2. The molecule has 8 nitrogen and oxygen atoms in total. The van der Waals surface area contributed by atoms with Crippen LogP contribution in [0.25, 0.3) is 0 Å². The van der Waals surface area contributed by atoms with Gasteiger partial charge in [0.05, 0.1) is 38.7 Å². The summed E-state index contributed by atoms with van der Waals surface area (Å²) < 4.78 is 39.1. The summed E-state index contributed by atoms with van der Waals surface area (Å²) in [6, 6.07) is 6.14. The van der Waals surface area contributed by atoms with Crippen LogP contribution in [0.1, 0.15) is 24.5 Å². The summed E-state index contributed by atoms with van der Waals surface area (Å²) in [5.41, 5.74) is 2.16. The van der Waals surface area contributed by atoms with Crippen LogP contribution in [-0.2, 0) is 25.9 Å². The van der Waals surface area contributed by atoms with E-state index < -0.39 is 9.84 Å². The fraction of sp³-hybridized carbons (Fsp3) is 0.650. The topological polar surface area (TPSA) is 98.2 Å². The molecule has 2 rings (SSSR count). The Labute approximate surface area is 197 Å². The molecule has 1 aliphatic rings. The molecule has 1 aromatic rings. The molecule has 1 heterocycles. The first-order valence-corrected chi connectivity index (χ1v) is 12.0. The molecule has 10 heteroatoms. The van der Waals surface area contributed by atoms with Gasteiger partial charge in [-0.2, -0.15) is 0 Å². The van der Waals surface area contributed by atoms with Gasteiger partial charge in [-0.3, -0.25) is 0 Å². The predicted octanol–water partition coefficient (Wildman–Crippen LogP) is 1.90. The molecule has 1 aliphatic heterocycles. The standard InChI is InChI=1S/C20H33N3O5S.HI/c1-4-21-20(22-8-10-26-11-12-29(3,24)25)23-14-17-6-5-16(2)13-19(17)28-18-7-9-27-15-18;/h5-6,13,18H,4,7-12,14-15H2,1-3H3,(H2,21,22,23);1H. The number of guanidine groups is 1. The maximum atomic E-state index is 11.1. The van der Waals surface area contributed by atoms with Crippen molar-refractivity contribution in [1.29, 1.82) is 0 Å². The molecule has 0 saturated carbocycles. The van der Waals surface area contributed by atoms with E-state index in [4.69, 9.17) is 14.2 Å². The first-order chi connectivity index (χ1) is 13.9. The van der Waals surface area contributed by atoms with Gasteiger partial charge in [-0.15, -0.1) is 24.0 Å². The number of hydrogen-bond acceptors (Lipinski definition) is 6. The number of hydrogen-bond donors (Lipinski definition) is 2. The number of rotatable bonds is 11. The second kappa shape index (κ2) is 14.0. The molecule has 1 atom stereocenters. The van der Waals surface area contributed by atoms with Gasteiger partial charge in [0.2, 0.25) is 0 Å². The highest BCUT2D eigenvalue weighted by Crippen LogP contribution is 2.24. The van der Waals surface area contributed by atoms with E-state index >= 15 is 0 Å². The van der Waals surface area contributed by atoms with Crippen LogP contribution >= 0.6 is 24.0 Å². The number of sulfone groups is 1. The molecule has 0 aromatic heterocycles. The number of benzene rings is 1. The second-order valence-corrected chi connectivity index (χ2v) is 9.34. The Morgan fingerprint density at radius 1 is 1.30 bits per heavy atom. The van der Waals surface area contributed by atoms with E-state index in [1.54, 1.807) is 0 Å². The highest BCUT2D eigenvalue weighted by molar-refractivity contribution is 14.0. The van der Waals surface area contributed by atoms with Gasteiger partial charge in [0.1, 0.15) is 21.7 Å². The smallest absolute Gasteiger partial charge is 0.191 e. The minimum atomic E-state index is -2.99. The van der Waals surface area contributed by atoms with E-state index in [2.05, 4.69) is 21.7 Å². The maximum Gasteiger partial charge on any atom is 0.191 e. The first kappa shape index (κ1) is 26.9. The number of halogens is 1. The Bertz CT molecular complexity index is 768. The molecule has 1 aromatic carbocycles. The Hall–Kier alpha value is -1.11. The summed E-state index contributed by atoms with van der Waals surface area (Å²) in [4.78, 5) is 4.64. The Morgan fingerprint density at radius 3 is 2.77 bits per heavy atom. The third-order valence-electron chi connectivity index (χ3n) is 4.29. The van der Waals surface area contributed by atoms with Gasteiger partial charge in [-0.25, -0.2) is 13.4 Å². The van der Waals surface area contributed by atoms with Crippen molar-refractivity contribution in [3.63, 3.8) is 0 Å². The van der Waals surface area contributed by atoms with E-state index in [1.165, 1.54) is 6.26 Å². The van der Waals surface area contributed by atoms with Crippen molar-refractivity contribution in [3.05, 3.63) is 29.3 Å². The predicted molar refractivity (Wildman–Crippen MR) is 130 cm³/mol. The largest absolute Gasteiger partial charge is 0.488 e. The Kier molecular flexibility index (Phi) is 12.6. The van der Waals surface area contributed by atoms with Gasteiger partial charge in [-0.05, 0) is 25.5 Å². The third kappa shape index (κ3) is 10.8. The van der Waals surface area contributed by atoms with E-state index in [1.807, 2.05) is 26.0 Å². The molecule has 0 radical (unpaired) electrons.